The molecular weight excluding hydrogens is 230 g/mol. The second-order valence-electron chi connectivity index (χ2n) is 3.75. The minimum atomic E-state index is 0.0895. The SMILES string of the molecule is C=C(C)Nc1ccc(SC/C=C/C(C)=O)cc1. The summed E-state index contributed by atoms with van der Waals surface area (Å²) in [6.07, 6.45) is 3.48. The average molecular weight is 247 g/mol. The first-order valence-electron chi connectivity index (χ1n) is 5.40. The highest BCUT2D eigenvalue weighted by atomic mass is 32.2. The Morgan fingerprint density at radius 1 is 1.35 bits per heavy atom. The molecule has 0 saturated heterocycles. The standard InChI is InChI=1S/C14H17NOS/c1-11(2)15-13-6-8-14(9-7-13)17-10-4-5-12(3)16/h4-9,15H,1,10H2,2-3H3/b5-4+. The van der Waals surface area contributed by atoms with E-state index in [9.17, 15) is 4.79 Å². The van der Waals surface area contributed by atoms with E-state index >= 15 is 0 Å². The van der Waals surface area contributed by atoms with Crippen molar-refractivity contribution in [3.8, 4) is 0 Å². The van der Waals surface area contributed by atoms with Crippen LogP contribution in [0.4, 0.5) is 5.69 Å². The van der Waals surface area contributed by atoms with Crippen LogP contribution in [0.1, 0.15) is 13.8 Å². The molecule has 0 spiro atoms. The summed E-state index contributed by atoms with van der Waals surface area (Å²) in [5, 5.41) is 3.15. The van der Waals surface area contributed by atoms with E-state index in [4.69, 9.17) is 0 Å². The maximum Gasteiger partial charge on any atom is 0.152 e. The molecule has 0 radical (unpaired) electrons. The summed E-state index contributed by atoms with van der Waals surface area (Å²) in [5.41, 5.74) is 1.97. The predicted molar refractivity (Wildman–Crippen MR) is 75.4 cm³/mol. The van der Waals surface area contributed by atoms with Crippen molar-refractivity contribution in [1.82, 2.24) is 0 Å². The van der Waals surface area contributed by atoms with Crippen LogP contribution >= 0.6 is 11.8 Å². The Kier molecular flexibility index (Phi) is 5.57. The molecule has 3 heteroatoms. The van der Waals surface area contributed by atoms with E-state index in [2.05, 4.69) is 24.0 Å². The van der Waals surface area contributed by atoms with Gasteiger partial charge in [-0.25, -0.2) is 0 Å². The topological polar surface area (TPSA) is 29.1 Å². The first kappa shape index (κ1) is 13.6. The van der Waals surface area contributed by atoms with Crippen molar-refractivity contribution in [2.24, 2.45) is 0 Å². The Balaban J connectivity index is 2.45. The summed E-state index contributed by atoms with van der Waals surface area (Å²) >= 11 is 1.70. The third-order valence-corrected chi connectivity index (χ3v) is 2.88. The number of hydrogen-bond acceptors (Lipinski definition) is 3. The fourth-order valence-electron chi connectivity index (χ4n) is 1.24. The van der Waals surface area contributed by atoms with Crippen LogP contribution in [0.5, 0.6) is 0 Å². The van der Waals surface area contributed by atoms with E-state index in [1.54, 1.807) is 24.8 Å². The fraction of sp³-hybridized carbons (Fsp3) is 0.214. The summed E-state index contributed by atoms with van der Waals surface area (Å²) in [4.78, 5) is 11.9. The normalized spacial score (nSPS) is 10.5. The van der Waals surface area contributed by atoms with Gasteiger partial charge in [0.2, 0.25) is 0 Å². The van der Waals surface area contributed by atoms with E-state index < -0.39 is 0 Å². The average Bonchev–Trinajstić information content (AvgIpc) is 2.25. The number of carbonyl (C=O) groups is 1. The van der Waals surface area contributed by atoms with Crippen LogP contribution < -0.4 is 5.32 Å². The highest BCUT2D eigenvalue weighted by Crippen LogP contribution is 2.20. The Labute approximate surface area is 107 Å². The van der Waals surface area contributed by atoms with Gasteiger partial charge in [-0.2, -0.15) is 0 Å². The molecule has 90 valence electrons. The number of carbonyl (C=O) groups excluding carboxylic acids is 1. The van der Waals surface area contributed by atoms with Gasteiger partial charge in [0.15, 0.2) is 5.78 Å². The maximum absolute atomic E-state index is 10.7. The molecule has 0 amide bonds. The van der Waals surface area contributed by atoms with Crippen molar-refractivity contribution in [1.29, 1.82) is 0 Å². The van der Waals surface area contributed by atoms with Crippen LogP contribution in [-0.4, -0.2) is 11.5 Å². The lowest BCUT2D eigenvalue weighted by atomic mass is 10.3. The molecule has 1 aromatic rings. The third-order valence-electron chi connectivity index (χ3n) is 1.91. The van der Waals surface area contributed by atoms with E-state index in [0.29, 0.717) is 0 Å². The van der Waals surface area contributed by atoms with Gasteiger partial charge in [-0.15, -0.1) is 11.8 Å². The number of anilines is 1. The molecule has 17 heavy (non-hydrogen) atoms. The molecule has 0 atom stereocenters. The number of allylic oxidation sites excluding steroid dienone is 2. The largest absolute Gasteiger partial charge is 0.360 e. The van der Waals surface area contributed by atoms with Gasteiger partial charge in [0.05, 0.1) is 0 Å². The Morgan fingerprint density at radius 3 is 2.53 bits per heavy atom. The smallest absolute Gasteiger partial charge is 0.152 e. The quantitative estimate of drug-likeness (QED) is 0.611. The lowest BCUT2D eigenvalue weighted by Gasteiger charge is -2.05. The van der Waals surface area contributed by atoms with Gasteiger partial charge in [0.25, 0.3) is 0 Å². The van der Waals surface area contributed by atoms with Crippen LogP contribution in [-0.2, 0) is 4.79 Å². The molecule has 1 aromatic carbocycles. The number of rotatable bonds is 6. The Bertz CT molecular complexity index is 420. The predicted octanol–water partition coefficient (Wildman–Crippen LogP) is 3.87. The third kappa shape index (κ3) is 5.97. The van der Waals surface area contributed by atoms with E-state index in [0.717, 1.165) is 17.1 Å². The number of ketones is 1. The highest BCUT2D eigenvalue weighted by molar-refractivity contribution is 7.99. The molecule has 1 N–H and O–H groups in total. The number of benzene rings is 1. The summed E-state index contributed by atoms with van der Waals surface area (Å²) in [7, 11) is 0. The summed E-state index contributed by atoms with van der Waals surface area (Å²) in [6.45, 7) is 7.27. The van der Waals surface area contributed by atoms with Crippen LogP contribution in [0.15, 0.2) is 53.6 Å². The molecule has 0 aliphatic carbocycles. The van der Waals surface area contributed by atoms with Gasteiger partial charge in [-0.3, -0.25) is 4.79 Å². The zero-order chi connectivity index (χ0) is 12.7. The lowest BCUT2D eigenvalue weighted by Crippen LogP contribution is -1.92. The van der Waals surface area contributed by atoms with E-state index in [1.807, 2.05) is 25.1 Å². The maximum atomic E-state index is 10.7. The monoisotopic (exact) mass is 247 g/mol. The molecule has 0 unspecified atom stereocenters. The minimum Gasteiger partial charge on any atom is -0.360 e. The summed E-state index contributed by atoms with van der Waals surface area (Å²) in [6, 6.07) is 8.15. The molecule has 0 heterocycles. The fourth-order valence-corrected chi connectivity index (χ4v) is 1.95. The lowest BCUT2D eigenvalue weighted by molar-refractivity contribution is -0.112. The van der Waals surface area contributed by atoms with Crippen LogP contribution in [0.2, 0.25) is 0 Å². The van der Waals surface area contributed by atoms with E-state index in [1.165, 1.54) is 4.90 Å². The minimum absolute atomic E-state index is 0.0895. The molecule has 0 saturated carbocycles. The number of hydrogen-bond donors (Lipinski definition) is 1. The molecule has 1 rings (SSSR count). The first-order chi connectivity index (χ1) is 8.08. The Morgan fingerprint density at radius 2 is 2.00 bits per heavy atom. The van der Waals surface area contributed by atoms with Crippen molar-refractivity contribution in [3.05, 3.63) is 48.7 Å². The van der Waals surface area contributed by atoms with Crippen molar-refractivity contribution < 1.29 is 4.79 Å². The van der Waals surface area contributed by atoms with Crippen molar-refractivity contribution in [3.63, 3.8) is 0 Å². The molecule has 0 aromatic heterocycles. The zero-order valence-electron chi connectivity index (χ0n) is 10.2. The van der Waals surface area contributed by atoms with Crippen molar-refractivity contribution >= 4 is 23.2 Å². The van der Waals surface area contributed by atoms with Crippen LogP contribution in [0.3, 0.4) is 0 Å². The molecule has 0 aliphatic heterocycles. The number of thioether (sulfide) groups is 1. The highest BCUT2D eigenvalue weighted by Gasteiger charge is 1.94. The van der Waals surface area contributed by atoms with Gasteiger partial charge in [-0.05, 0) is 44.2 Å². The summed E-state index contributed by atoms with van der Waals surface area (Å²) < 4.78 is 0. The number of nitrogens with one attached hydrogen (secondary N) is 1. The second kappa shape index (κ2) is 6.97. The Hall–Kier alpha value is -1.48. The van der Waals surface area contributed by atoms with Gasteiger partial charge in [0.1, 0.15) is 0 Å². The first-order valence-corrected chi connectivity index (χ1v) is 6.39. The van der Waals surface area contributed by atoms with Gasteiger partial charge < -0.3 is 5.32 Å². The van der Waals surface area contributed by atoms with Gasteiger partial charge in [-0.1, -0.05) is 12.7 Å². The van der Waals surface area contributed by atoms with Crippen molar-refractivity contribution in [2.75, 3.05) is 11.1 Å². The molecule has 0 fully saturated rings. The summed E-state index contributed by atoms with van der Waals surface area (Å²) in [5.74, 6) is 0.902. The zero-order valence-corrected chi connectivity index (χ0v) is 11.0. The molecule has 2 nitrogen and oxygen atoms in total. The molecule has 0 aliphatic rings. The molecular formula is C14H17NOS. The van der Waals surface area contributed by atoms with Gasteiger partial charge in [0, 0.05) is 22.0 Å². The van der Waals surface area contributed by atoms with E-state index in [-0.39, 0.29) is 5.78 Å². The second-order valence-corrected chi connectivity index (χ2v) is 4.85. The van der Waals surface area contributed by atoms with Crippen molar-refractivity contribution in [2.45, 2.75) is 18.7 Å². The molecule has 0 bridgehead atoms. The van der Waals surface area contributed by atoms with Crippen LogP contribution in [0, 0.1) is 0 Å². The van der Waals surface area contributed by atoms with Crippen LogP contribution in [0.25, 0.3) is 0 Å². The van der Waals surface area contributed by atoms with Gasteiger partial charge >= 0.3 is 0 Å².